The van der Waals surface area contributed by atoms with Crippen LogP contribution in [0.4, 0.5) is 5.69 Å². The van der Waals surface area contributed by atoms with Crippen molar-refractivity contribution >= 4 is 43.4 Å². The van der Waals surface area contributed by atoms with E-state index in [9.17, 15) is 13.2 Å². The molecule has 4 rings (SSSR count). The van der Waals surface area contributed by atoms with Crippen LogP contribution < -0.4 is 5.32 Å². The number of nitrogens with one attached hydrogen (secondary N) is 1. The van der Waals surface area contributed by atoms with Gasteiger partial charge in [-0.2, -0.15) is 4.31 Å². The van der Waals surface area contributed by atoms with Crippen molar-refractivity contribution in [1.82, 2.24) is 8.87 Å². The van der Waals surface area contributed by atoms with Gasteiger partial charge in [-0.05, 0) is 55.5 Å². The first-order valence-corrected chi connectivity index (χ1v) is 12.3. The molecule has 0 aliphatic carbocycles. The summed E-state index contributed by atoms with van der Waals surface area (Å²) in [6.07, 6.45) is 0. The van der Waals surface area contributed by atoms with E-state index in [-0.39, 0.29) is 10.8 Å². The number of aromatic nitrogens is 1. The first-order chi connectivity index (χ1) is 15.4. The van der Waals surface area contributed by atoms with Crippen LogP contribution in [0.1, 0.15) is 31.1 Å². The van der Waals surface area contributed by atoms with E-state index < -0.39 is 10.0 Å². The molecule has 1 N–H and O–H groups in total. The lowest BCUT2D eigenvalue weighted by Gasteiger charge is -2.18. The summed E-state index contributed by atoms with van der Waals surface area (Å²) >= 11 is 0. The maximum atomic E-state index is 12.8. The predicted molar refractivity (Wildman–Crippen MR) is 130 cm³/mol. The first kappa shape index (κ1) is 22.0. The van der Waals surface area contributed by atoms with Crippen molar-refractivity contribution in [2.24, 2.45) is 0 Å². The van der Waals surface area contributed by atoms with Crippen LogP contribution in [0.25, 0.3) is 21.8 Å². The van der Waals surface area contributed by atoms with Gasteiger partial charge in [0, 0.05) is 52.7 Å². The molecule has 32 heavy (non-hydrogen) atoms. The molecule has 0 aliphatic rings. The van der Waals surface area contributed by atoms with Gasteiger partial charge in [-0.15, -0.1) is 0 Å². The Hall–Kier alpha value is -3.16. The Labute approximate surface area is 188 Å². The topological polar surface area (TPSA) is 71.4 Å². The molecule has 0 fully saturated rings. The first-order valence-electron chi connectivity index (χ1n) is 10.8. The van der Waals surface area contributed by atoms with E-state index in [4.69, 9.17) is 0 Å². The smallest absolute Gasteiger partial charge is 0.255 e. The Morgan fingerprint density at radius 3 is 2.19 bits per heavy atom. The molecule has 1 amide bonds. The summed E-state index contributed by atoms with van der Waals surface area (Å²) in [5.74, 6) is -0.282. The lowest BCUT2D eigenvalue weighted by Crippen LogP contribution is -2.30. The fraction of sp³-hybridized carbons (Fsp3) is 0.240. The van der Waals surface area contributed by atoms with Crippen LogP contribution >= 0.6 is 0 Å². The van der Waals surface area contributed by atoms with E-state index in [1.54, 1.807) is 26.0 Å². The van der Waals surface area contributed by atoms with Gasteiger partial charge in [0.05, 0.1) is 4.90 Å². The summed E-state index contributed by atoms with van der Waals surface area (Å²) in [5, 5.41) is 5.17. The van der Waals surface area contributed by atoms with Crippen LogP contribution in [0.15, 0.2) is 71.6 Å². The standard InChI is InChI=1S/C25H27N3O3S/c1-4-27(5-2)32(30,31)20-14-11-18(12-15-20)25(29)26-19-13-16-24-22(17-19)21-9-7-8-10-23(21)28(24)6-3/h7-17H,4-6H2,1-3H3,(H,26,29). The van der Waals surface area contributed by atoms with Gasteiger partial charge in [-0.25, -0.2) is 8.42 Å². The summed E-state index contributed by atoms with van der Waals surface area (Å²) < 4.78 is 28.9. The largest absolute Gasteiger partial charge is 0.341 e. The van der Waals surface area contributed by atoms with Crippen LogP contribution in [0.2, 0.25) is 0 Å². The highest BCUT2D eigenvalue weighted by molar-refractivity contribution is 7.89. The maximum absolute atomic E-state index is 12.8. The lowest BCUT2D eigenvalue weighted by atomic mass is 10.1. The summed E-state index contributed by atoms with van der Waals surface area (Å²) in [5.41, 5.74) is 3.39. The Balaban J connectivity index is 1.61. The van der Waals surface area contributed by atoms with Crippen molar-refractivity contribution in [2.75, 3.05) is 18.4 Å². The summed E-state index contributed by atoms with van der Waals surface area (Å²) in [4.78, 5) is 13.0. The van der Waals surface area contributed by atoms with Crippen LogP contribution in [0.3, 0.4) is 0 Å². The zero-order valence-corrected chi connectivity index (χ0v) is 19.3. The fourth-order valence-electron chi connectivity index (χ4n) is 4.17. The van der Waals surface area contributed by atoms with Crippen molar-refractivity contribution in [3.05, 3.63) is 72.3 Å². The Morgan fingerprint density at radius 2 is 1.53 bits per heavy atom. The van der Waals surface area contributed by atoms with Gasteiger partial charge in [0.25, 0.3) is 5.91 Å². The summed E-state index contributed by atoms with van der Waals surface area (Å²) in [6.45, 7) is 7.38. The monoisotopic (exact) mass is 449 g/mol. The molecule has 0 aliphatic heterocycles. The SMILES string of the molecule is CCN(CC)S(=O)(=O)c1ccc(C(=O)Nc2ccc3c(c2)c2ccccc2n3CC)cc1. The van der Waals surface area contributed by atoms with E-state index in [2.05, 4.69) is 28.9 Å². The number of benzene rings is 3. The molecular weight excluding hydrogens is 422 g/mol. The normalized spacial score (nSPS) is 12.0. The van der Waals surface area contributed by atoms with Crippen LogP contribution in [-0.4, -0.2) is 36.3 Å². The van der Waals surface area contributed by atoms with E-state index in [1.165, 1.54) is 22.0 Å². The molecule has 1 aromatic heterocycles. The Kier molecular flexibility index (Phi) is 6.04. The van der Waals surface area contributed by atoms with E-state index in [0.717, 1.165) is 22.8 Å². The maximum Gasteiger partial charge on any atom is 0.255 e. The molecule has 4 aromatic rings. The fourth-order valence-corrected chi connectivity index (χ4v) is 5.62. The van der Waals surface area contributed by atoms with Gasteiger partial charge in [-0.1, -0.05) is 32.0 Å². The third kappa shape index (κ3) is 3.78. The molecule has 0 bridgehead atoms. The van der Waals surface area contributed by atoms with E-state index >= 15 is 0 Å². The number of carbonyl (C=O) groups is 1. The lowest BCUT2D eigenvalue weighted by molar-refractivity contribution is 0.102. The van der Waals surface area contributed by atoms with Crippen molar-refractivity contribution < 1.29 is 13.2 Å². The van der Waals surface area contributed by atoms with Gasteiger partial charge in [0.15, 0.2) is 0 Å². The van der Waals surface area contributed by atoms with Gasteiger partial charge in [0.1, 0.15) is 0 Å². The molecule has 0 unspecified atom stereocenters. The van der Waals surface area contributed by atoms with Crippen LogP contribution in [-0.2, 0) is 16.6 Å². The quantitative estimate of drug-likeness (QED) is 0.427. The van der Waals surface area contributed by atoms with E-state index in [0.29, 0.717) is 24.3 Å². The number of carbonyl (C=O) groups excluding carboxylic acids is 1. The molecular formula is C25H27N3O3S. The number of rotatable bonds is 7. The molecule has 0 atom stereocenters. The molecule has 1 heterocycles. The zero-order chi connectivity index (χ0) is 22.9. The highest BCUT2D eigenvalue weighted by atomic mass is 32.2. The van der Waals surface area contributed by atoms with Crippen LogP contribution in [0.5, 0.6) is 0 Å². The molecule has 7 heteroatoms. The molecule has 0 spiro atoms. The van der Waals surface area contributed by atoms with Crippen LogP contribution in [0, 0.1) is 0 Å². The summed E-state index contributed by atoms with van der Waals surface area (Å²) in [6, 6.07) is 20.2. The molecule has 166 valence electrons. The number of aryl methyl sites for hydroxylation is 1. The molecule has 3 aromatic carbocycles. The molecule has 0 saturated carbocycles. The van der Waals surface area contributed by atoms with Gasteiger partial charge >= 0.3 is 0 Å². The molecule has 6 nitrogen and oxygen atoms in total. The van der Waals surface area contributed by atoms with Crippen molar-refractivity contribution in [1.29, 1.82) is 0 Å². The predicted octanol–water partition coefficient (Wildman–Crippen LogP) is 5.10. The summed E-state index contributed by atoms with van der Waals surface area (Å²) in [7, 11) is -3.55. The number of amides is 1. The second kappa shape index (κ2) is 8.76. The Morgan fingerprint density at radius 1 is 0.875 bits per heavy atom. The number of hydrogen-bond acceptors (Lipinski definition) is 3. The average molecular weight is 450 g/mol. The zero-order valence-electron chi connectivity index (χ0n) is 18.5. The van der Waals surface area contributed by atoms with Gasteiger partial charge in [-0.3, -0.25) is 4.79 Å². The molecule has 0 saturated heterocycles. The number of fused-ring (bicyclic) bond motifs is 3. The minimum Gasteiger partial charge on any atom is -0.341 e. The van der Waals surface area contributed by atoms with Crippen molar-refractivity contribution in [2.45, 2.75) is 32.2 Å². The van der Waals surface area contributed by atoms with Gasteiger partial charge in [0.2, 0.25) is 10.0 Å². The average Bonchev–Trinajstić information content (AvgIpc) is 3.13. The third-order valence-corrected chi connectivity index (χ3v) is 7.87. The number of para-hydroxylation sites is 1. The third-order valence-electron chi connectivity index (χ3n) is 5.81. The highest BCUT2D eigenvalue weighted by Crippen LogP contribution is 2.31. The number of hydrogen-bond donors (Lipinski definition) is 1. The minimum absolute atomic E-state index is 0.187. The van der Waals surface area contributed by atoms with Gasteiger partial charge < -0.3 is 9.88 Å². The highest BCUT2D eigenvalue weighted by Gasteiger charge is 2.21. The second-order valence-electron chi connectivity index (χ2n) is 7.56. The Bertz CT molecular complexity index is 1390. The second-order valence-corrected chi connectivity index (χ2v) is 9.50. The van der Waals surface area contributed by atoms with Crippen molar-refractivity contribution in [3.8, 4) is 0 Å². The van der Waals surface area contributed by atoms with E-state index in [1.807, 2.05) is 30.3 Å². The molecule has 0 radical (unpaired) electrons. The number of anilines is 1. The van der Waals surface area contributed by atoms with Crippen molar-refractivity contribution in [3.63, 3.8) is 0 Å². The number of sulfonamides is 1. The number of nitrogens with zero attached hydrogens (tertiary/aromatic N) is 2. The minimum atomic E-state index is -3.55.